The minimum Gasteiger partial charge on any atom is -0.497 e. The number of nitrogens with one attached hydrogen (secondary N) is 1. The van der Waals surface area contributed by atoms with Gasteiger partial charge in [0.05, 0.1) is 12.9 Å². The summed E-state index contributed by atoms with van der Waals surface area (Å²) in [4.78, 5) is 25.9. The van der Waals surface area contributed by atoms with Crippen molar-refractivity contribution >= 4 is 29.2 Å². The van der Waals surface area contributed by atoms with Gasteiger partial charge in [-0.25, -0.2) is 9.97 Å². The molecule has 1 saturated heterocycles. The number of thioether (sulfide) groups is 1. The molecule has 1 aromatic heterocycles. The Morgan fingerprint density at radius 2 is 1.70 bits per heavy atom. The molecular formula is C25H29N5O2S. The summed E-state index contributed by atoms with van der Waals surface area (Å²) < 4.78 is 5.25. The number of amides is 1. The molecule has 8 heteroatoms. The Kier molecular flexibility index (Phi) is 7.67. The SMILES string of the molecule is COc1ccc(N2CCN(c3ccnc(SCC(=O)NCc4ccc(C)cc4)n3)CC2)cc1. The predicted molar refractivity (Wildman–Crippen MR) is 133 cm³/mol. The molecule has 7 nitrogen and oxygen atoms in total. The van der Waals surface area contributed by atoms with Crippen LogP contribution in [0.5, 0.6) is 5.75 Å². The van der Waals surface area contributed by atoms with Gasteiger partial charge in [0.15, 0.2) is 5.16 Å². The van der Waals surface area contributed by atoms with Gasteiger partial charge in [-0.1, -0.05) is 41.6 Å². The molecule has 0 aliphatic carbocycles. The first-order valence-corrected chi connectivity index (χ1v) is 12.0. The van der Waals surface area contributed by atoms with Gasteiger partial charge >= 0.3 is 0 Å². The minimum absolute atomic E-state index is 0.0253. The van der Waals surface area contributed by atoms with Gasteiger partial charge in [-0.3, -0.25) is 4.79 Å². The molecule has 0 saturated carbocycles. The molecule has 3 aromatic rings. The van der Waals surface area contributed by atoms with E-state index >= 15 is 0 Å². The van der Waals surface area contributed by atoms with Gasteiger partial charge in [-0.15, -0.1) is 0 Å². The highest BCUT2D eigenvalue weighted by Crippen LogP contribution is 2.23. The zero-order valence-electron chi connectivity index (χ0n) is 19.0. The molecule has 2 heterocycles. The number of methoxy groups -OCH3 is 1. The Morgan fingerprint density at radius 3 is 2.39 bits per heavy atom. The highest BCUT2D eigenvalue weighted by atomic mass is 32.2. The summed E-state index contributed by atoms with van der Waals surface area (Å²) >= 11 is 1.36. The molecule has 0 bridgehead atoms. The summed E-state index contributed by atoms with van der Waals surface area (Å²) in [6.45, 7) is 6.17. The highest BCUT2D eigenvalue weighted by Gasteiger charge is 2.19. The van der Waals surface area contributed by atoms with E-state index in [9.17, 15) is 4.79 Å². The van der Waals surface area contributed by atoms with Crippen molar-refractivity contribution in [2.75, 3.05) is 48.8 Å². The van der Waals surface area contributed by atoms with Crippen molar-refractivity contribution in [3.05, 3.63) is 71.9 Å². The maximum atomic E-state index is 12.2. The van der Waals surface area contributed by atoms with Crippen LogP contribution in [0, 0.1) is 6.92 Å². The van der Waals surface area contributed by atoms with Gasteiger partial charge < -0.3 is 19.9 Å². The third-order valence-electron chi connectivity index (χ3n) is 5.60. The van der Waals surface area contributed by atoms with Crippen LogP contribution >= 0.6 is 11.8 Å². The second-order valence-electron chi connectivity index (χ2n) is 7.92. The molecule has 0 atom stereocenters. The lowest BCUT2D eigenvalue weighted by Gasteiger charge is -2.36. The number of hydrogen-bond donors (Lipinski definition) is 1. The van der Waals surface area contributed by atoms with Crippen molar-refractivity contribution in [1.29, 1.82) is 0 Å². The number of carbonyl (C=O) groups is 1. The van der Waals surface area contributed by atoms with Crippen LogP contribution in [-0.2, 0) is 11.3 Å². The second kappa shape index (κ2) is 11.0. The van der Waals surface area contributed by atoms with Crippen LogP contribution in [0.3, 0.4) is 0 Å². The molecule has 0 radical (unpaired) electrons. The van der Waals surface area contributed by atoms with E-state index < -0.39 is 0 Å². The van der Waals surface area contributed by atoms with E-state index in [1.54, 1.807) is 13.3 Å². The largest absolute Gasteiger partial charge is 0.497 e. The van der Waals surface area contributed by atoms with Gasteiger partial charge in [0, 0.05) is 44.6 Å². The fourth-order valence-electron chi connectivity index (χ4n) is 3.65. The van der Waals surface area contributed by atoms with E-state index in [0.717, 1.165) is 43.3 Å². The lowest BCUT2D eigenvalue weighted by molar-refractivity contribution is -0.118. The number of aromatic nitrogens is 2. The number of piperazine rings is 1. The van der Waals surface area contributed by atoms with Crippen LogP contribution in [0.15, 0.2) is 66.0 Å². The normalized spacial score (nSPS) is 13.6. The fraction of sp³-hybridized carbons (Fsp3) is 0.320. The number of rotatable bonds is 8. The Labute approximate surface area is 199 Å². The molecule has 1 amide bonds. The van der Waals surface area contributed by atoms with Crippen LogP contribution in [0.1, 0.15) is 11.1 Å². The molecule has 33 heavy (non-hydrogen) atoms. The molecule has 1 aliphatic rings. The van der Waals surface area contributed by atoms with E-state index in [1.807, 2.05) is 49.4 Å². The van der Waals surface area contributed by atoms with Crippen LogP contribution in [0.2, 0.25) is 0 Å². The van der Waals surface area contributed by atoms with E-state index in [-0.39, 0.29) is 5.91 Å². The summed E-state index contributed by atoms with van der Waals surface area (Å²) in [5, 5.41) is 3.58. The standard InChI is InChI=1S/C25H29N5O2S/c1-19-3-5-20(6-4-19)17-27-24(31)18-33-25-26-12-11-23(28-25)30-15-13-29(14-16-30)21-7-9-22(32-2)10-8-21/h3-12H,13-18H2,1-2H3,(H,27,31). The van der Waals surface area contributed by atoms with E-state index in [4.69, 9.17) is 4.74 Å². The Bertz CT molecular complexity index is 1050. The van der Waals surface area contributed by atoms with E-state index in [0.29, 0.717) is 17.5 Å². The number of nitrogens with zero attached hydrogens (tertiary/aromatic N) is 4. The van der Waals surface area contributed by atoms with Crippen molar-refractivity contribution in [2.24, 2.45) is 0 Å². The van der Waals surface area contributed by atoms with Crippen LogP contribution in [-0.4, -0.2) is 54.9 Å². The fourth-order valence-corrected chi connectivity index (χ4v) is 4.31. The van der Waals surface area contributed by atoms with Crippen molar-refractivity contribution in [1.82, 2.24) is 15.3 Å². The van der Waals surface area contributed by atoms with Crippen LogP contribution in [0.25, 0.3) is 0 Å². The number of benzene rings is 2. The van der Waals surface area contributed by atoms with Gasteiger partial charge in [-0.05, 0) is 42.8 Å². The third kappa shape index (κ3) is 6.38. The molecule has 1 aliphatic heterocycles. The summed E-state index contributed by atoms with van der Waals surface area (Å²) in [5.41, 5.74) is 3.50. The first-order valence-electron chi connectivity index (χ1n) is 11.0. The quantitative estimate of drug-likeness (QED) is 0.405. The van der Waals surface area contributed by atoms with Crippen LogP contribution in [0.4, 0.5) is 11.5 Å². The van der Waals surface area contributed by atoms with Crippen molar-refractivity contribution in [3.63, 3.8) is 0 Å². The summed E-state index contributed by atoms with van der Waals surface area (Å²) in [6, 6.07) is 18.3. The summed E-state index contributed by atoms with van der Waals surface area (Å²) in [6.07, 6.45) is 1.77. The average Bonchev–Trinajstić information content (AvgIpc) is 2.87. The third-order valence-corrected chi connectivity index (χ3v) is 6.46. The Morgan fingerprint density at radius 1 is 1.00 bits per heavy atom. The molecule has 0 spiro atoms. The topological polar surface area (TPSA) is 70.6 Å². The lowest BCUT2D eigenvalue weighted by Crippen LogP contribution is -2.46. The van der Waals surface area contributed by atoms with E-state index in [1.165, 1.54) is 23.0 Å². The number of carbonyl (C=O) groups excluding carboxylic acids is 1. The van der Waals surface area contributed by atoms with Gasteiger partial charge in [0.2, 0.25) is 5.91 Å². The maximum absolute atomic E-state index is 12.2. The second-order valence-corrected chi connectivity index (χ2v) is 8.86. The molecular weight excluding hydrogens is 434 g/mol. The molecule has 4 rings (SSSR count). The zero-order valence-corrected chi connectivity index (χ0v) is 19.8. The van der Waals surface area contributed by atoms with Crippen molar-refractivity contribution < 1.29 is 9.53 Å². The maximum Gasteiger partial charge on any atom is 0.230 e. The summed E-state index contributed by atoms with van der Waals surface area (Å²) in [7, 11) is 1.68. The molecule has 1 N–H and O–H groups in total. The average molecular weight is 464 g/mol. The van der Waals surface area contributed by atoms with Gasteiger partial charge in [0.25, 0.3) is 0 Å². The first kappa shape index (κ1) is 22.9. The Balaban J connectivity index is 1.25. The smallest absolute Gasteiger partial charge is 0.230 e. The first-order chi connectivity index (χ1) is 16.1. The highest BCUT2D eigenvalue weighted by molar-refractivity contribution is 7.99. The molecule has 0 unspecified atom stereocenters. The van der Waals surface area contributed by atoms with Gasteiger partial charge in [0.1, 0.15) is 11.6 Å². The number of hydrogen-bond acceptors (Lipinski definition) is 7. The van der Waals surface area contributed by atoms with Crippen molar-refractivity contribution in [3.8, 4) is 5.75 Å². The van der Waals surface area contributed by atoms with Gasteiger partial charge in [-0.2, -0.15) is 0 Å². The molecule has 172 valence electrons. The monoisotopic (exact) mass is 463 g/mol. The molecule has 1 fully saturated rings. The zero-order chi connectivity index (χ0) is 23.0. The number of aryl methyl sites for hydroxylation is 1. The van der Waals surface area contributed by atoms with Crippen molar-refractivity contribution in [2.45, 2.75) is 18.6 Å². The molecule has 2 aromatic carbocycles. The van der Waals surface area contributed by atoms with Crippen LogP contribution < -0.4 is 19.9 Å². The lowest BCUT2D eigenvalue weighted by atomic mass is 10.1. The summed E-state index contributed by atoms with van der Waals surface area (Å²) in [5.74, 6) is 2.04. The number of anilines is 2. The minimum atomic E-state index is -0.0253. The number of ether oxygens (including phenoxy) is 1. The van der Waals surface area contributed by atoms with E-state index in [2.05, 4.69) is 37.2 Å². The predicted octanol–water partition coefficient (Wildman–Crippen LogP) is 3.53. The Hall–Kier alpha value is -3.26.